The lowest BCUT2D eigenvalue weighted by Crippen LogP contribution is -2.69. The molecule has 0 aliphatic carbocycles. The van der Waals surface area contributed by atoms with Gasteiger partial charge in [0.2, 0.25) is 5.91 Å². The third-order valence-electron chi connectivity index (χ3n) is 10.1. The molecule has 4 aromatic carbocycles. The van der Waals surface area contributed by atoms with E-state index in [9.17, 15) is 9.90 Å². The highest BCUT2D eigenvalue weighted by Gasteiger charge is 2.54. The van der Waals surface area contributed by atoms with E-state index in [1.807, 2.05) is 121 Å². The van der Waals surface area contributed by atoms with Crippen LogP contribution < -0.4 is 5.32 Å². The van der Waals surface area contributed by atoms with Crippen molar-refractivity contribution in [3.8, 4) is 0 Å². The molecular weight excluding hydrogens is 730 g/mol. The van der Waals surface area contributed by atoms with Gasteiger partial charge in [-0.1, -0.05) is 128 Å². The van der Waals surface area contributed by atoms with Crippen molar-refractivity contribution in [3.05, 3.63) is 156 Å². The van der Waals surface area contributed by atoms with E-state index in [-0.39, 0.29) is 38.9 Å². The van der Waals surface area contributed by atoms with Gasteiger partial charge in [-0.2, -0.15) is 0 Å². The molecule has 0 bridgehead atoms. The van der Waals surface area contributed by atoms with Crippen LogP contribution in [0.4, 0.5) is 0 Å². The highest BCUT2D eigenvalue weighted by molar-refractivity contribution is 5.73. The number of carbonyl (C=O) groups is 1. The van der Waals surface area contributed by atoms with Crippen molar-refractivity contribution < 1.29 is 52.5 Å². The minimum Gasteiger partial charge on any atom is -0.387 e. The van der Waals surface area contributed by atoms with Gasteiger partial charge in [0.25, 0.3) is 0 Å². The first-order chi connectivity index (χ1) is 27.9. The Balaban J connectivity index is 1.22. The van der Waals surface area contributed by atoms with Gasteiger partial charge in [0, 0.05) is 6.92 Å². The molecular formula is C45H51NO11. The van der Waals surface area contributed by atoms with Crippen LogP contribution in [0.25, 0.3) is 0 Å². The van der Waals surface area contributed by atoms with Crippen LogP contribution in [-0.4, -0.2) is 91.9 Å². The van der Waals surface area contributed by atoms with Gasteiger partial charge in [0.15, 0.2) is 18.9 Å². The molecule has 2 N–H and O–H groups in total. The number of hydrogen-bond donors (Lipinski definition) is 2. The molecule has 3 saturated heterocycles. The second kappa shape index (κ2) is 20.4. The van der Waals surface area contributed by atoms with Crippen LogP contribution in [0.5, 0.6) is 0 Å². The van der Waals surface area contributed by atoms with Crippen molar-refractivity contribution in [1.82, 2.24) is 5.32 Å². The summed E-state index contributed by atoms with van der Waals surface area (Å²) in [5.41, 5.74) is 3.70. The summed E-state index contributed by atoms with van der Waals surface area (Å²) in [6.07, 6.45) is -7.65. The van der Waals surface area contributed by atoms with Gasteiger partial charge in [-0.25, -0.2) is 0 Å². The molecule has 11 atom stereocenters. The number of carbonyl (C=O) groups excluding carboxylic acids is 1. The van der Waals surface area contributed by atoms with E-state index in [0.29, 0.717) is 6.61 Å². The molecule has 12 nitrogen and oxygen atoms in total. The highest BCUT2D eigenvalue weighted by Crippen LogP contribution is 2.36. The highest BCUT2D eigenvalue weighted by atomic mass is 16.8. The van der Waals surface area contributed by atoms with E-state index in [1.165, 1.54) is 13.0 Å². The maximum Gasteiger partial charge on any atom is 0.217 e. The summed E-state index contributed by atoms with van der Waals surface area (Å²) in [5.74, 6) is -0.313. The summed E-state index contributed by atoms with van der Waals surface area (Å²) >= 11 is 0. The molecule has 57 heavy (non-hydrogen) atoms. The van der Waals surface area contributed by atoms with Gasteiger partial charge >= 0.3 is 0 Å². The van der Waals surface area contributed by atoms with E-state index < -0.39 is 67.6 Å². The molecule has 12 heteroatoms. The van der Waals surface area contributed by atoms with Crippen LogP contribution in [0.3, 0.4) is 0 Å². The number of rotatable bonds is 17. The second-order valence-electron chi connectivity index (χ2n) is 14.3. The minimum atomic E-state index is -1.18. The first-order valence-electron chi connectivity index (χ1n) is 19.3. The van der Waals surface area contributed by atoms with Gasteiger partial charge in [-0.3, -0.25) is 4.79 Å². The maximum absolute atomic E-state index is 12.9. The van der Waals surface area contributed by atoms with Crippen molar-refractivity contribution >= 4 is 5.91 Å². The van der Waals surface area contributed by atoms with Crippen LogP contribution in [0.2, 0.25) is 0 Å². The summed E-state index contributed by atoms with van der Waals surface area (Å²) < 4.78 is 58.1. The molecule has 1 amide bonds. The van der Waals surface area contributed by atoms with E-state index in [0.717, 1.165) is 22.3 Å². The van der Waals surface area contributed by atoms with Gasteiger partial charge in [0.1, 0.15) is 48.8 Å². The van der Waals surface area contributed by atoms with Crippen LogP contribution in [0, 0.1) is 0 Å². The lowest BCUT2D eigenvalue weighted by molar-refractivity contribution is -0.382. The van der Waals surface area contributed by atoms with Crippen LogP contribution >= 0.6 is 0 Å². The molecule has 0 aromatic heterocycles. The Labute approximate surface area is 333 Å². The monoisotopic (exact) mass is 781 g/mol. The van der Waals surface area contributed by atoms with Crippen LogP contribution in [-0.2, 0) is 73.9 Å². The lowest BCUT2D eigenvalue weighted by Gasteiger charge is -2.50. The topological polar surface area (TPSA) is 132 Å². The maximum atomic E-state index is 12.9. The summed E-state index contributed by atoms with van der Waals surface area (Å²) in [6, 6.07) is 38.0. The zero-order valence-corrected chi connectivity index (χ0v) is 32.0. The summed E-state index contributed by atoms with van der Waals surface area (Å²) in [6.45, 7) is 6.25. The molecule has 0 saturated carbocycles. The zero-order chi connectivity index (χ0) is 39.4. The van der Waals surface area contributed by atoms with Gasteiger partial charge < -0.3 is 53.1 Å². The van der Waals surface area contributed by atoms with Crippen molar-refractivity contribution in [2.45, 2.75) is 101 Å². The molecule has 302 valence electrons. The Morgan fingerprint density at radius 1 is 0.702 bits per heavy atom. The number of benzene rings is 4. The number of aliphatic hydroxyl groups excluding tert-OH is 1. The number of fused-ring (bicyclic) bond motifs is 1. The van der Waals surface area contributed by atoms with Gasteiger partial charge in [-0.05, 0) is 28.3 Å². The number of nitrogens with one attached hydrogen (secondary N) is 1. The molecule has 4 aromatic rings. The Bertz CT molecular complexity index is 1800. The third kappa shape index (κ3) is 11.0. The fourth-order valence-electron chi connectivity index (χ4n) is 7.23. The predicted octanol–water partition coefficient (Wildman–Crippen LogP) is 5.22. The Kier molecular flexibility index (Phi) is 14.6. The summed E-state index contributed by atoms with van der Waals surface area (Å²) in [5, 5.41) is 15.0. The largest absolute Gasteiger partial charge is 0.387 e. The van der Waals surface area contributed by atoms with E-state index in [1.54, 1.807) is 0 Å². The van der Waals surface area contributed by atoms with E-state index >= 15 is 0 Å². The van der Waals surface area contributed by atoms with Crippen molar-refractivity contribution in [3.63, 3.8) is 0 Å². The normalized spacial score (nSPS) is 29.9. The Hall–Kier alpha value is -4.31. The van der Waals surface area contributed by atoms with Crippen LogP contribution in [0.15, 0.2) is 134 Å². The van der Waals surface area contributed by atoms with Crippen molar-refractivity contribution in [2.24, 2.45) is 0 Å². The molecule has 3 aliphatic rings. The predicted molar refractivity (Wildman–Crippen MR) is 208 cm³/mol. The molecule has 7 rings (SSSR count). The fraction of sp³-hybridized carbons (Fsp3) is 0.400. The third-order valence-corrected chi connectivity index (χ3v) is 10.1. The number of hydrogen-bond acceptors (Lipinski definition) is 11. The quantitative estimate of drug-likeness (QED) is 0.137. The van der Waals surface area contributed by atoms with Gasteiger partial charge in [-0.15, -0.1) is 0 Å². The van der Waals surface area contributed by atoms with Crippen LogP contribution in [0.1, 0.15) is 29.2 Å². The zero-order valence-electron chi connectivity index (χ0n) is 32.0. The first kappa shape index (κ1) is 40.9. The fourth-order valence-corrected chi connectivity index (χ4v) is 7.23. The van der Waals surface area contributed by atoms with Crippen molar-refractivity contribution in [2.75, 3.05) is 13.2 Å². The summed E-state index contributed by atoms with van der Waals surface area (Å²) in [4.78, 5) is 12.9. The molecule has 1 unspecified atom stereocenters. The number of aliphatic hydroxyl groups is 1. The Morgan fingerprint density at radius 3 is 1.77 bits per heavy atom. The molecule has 3 aliphatic heterocycles. The lowest BCUT2D eigenvalue weighted by atomic mass is 9.94. The smallest absolute Gasteiger partial charge is 0.217 e. The SMILES string of the molecule is C=CC1OC[C@H]2O[C@@H](O[C@H]3[C@H](OCc4ccccc4)[C@@H](NC(C)=O)[C@@H](OCc4ccccc4)O[C@@H]3COCc3ccccc3)[C@@H](OCc3ccccc3)[C@@H](O)[C@@H]2O1. The molecule has 3 fully saturated rings. The standard InChI is InChI=1S/C45H51NO11/c1-3-37-50-29-36-40(56-37)39(48)43(52-26-33-20-12-6-13-21-33)45(55-36)57-41-35(28-49-24-31-16-8-4-9-17-31)54-44(53-27-34-22-14-7-15-23-34)38(46-30(2)47)42(41)51-25-32-18-10-5-11-19-32/h3-23,35-45,48H,1,24-29H2,2H3,(H,46,47)/t35-,36-,37?,38-,39+,40-,41-,42-,43+,44+,45+/m1/s1. The van der Waals surface area contributed by atoms with E-state index in [4.69, 9.17) is 42.6 Å². The minimum absolute atomic E-state index is 0.0624. The molecule has 3 heterocycles. The average molecular weight is 782 g/mol. The molecule has 0 radical (unpaired) electrons. The number of ether oxygens (including phenoxy) is 9. The van der Waals surface area contributed by atoms with Gasteiger partial charge in [0.05, 0.1) is 39.6 Å². The van der Waals surface area contributed by atoms with E-state index in [2.05, 4.69) is 11.9 Å². The Morgan fingerprint density at radius 2 is 1.23 bits per heavy atom. The summed E-state index contributed by atoms with van der Waals surface area (Å²) in [7, 11) is 0. The second-order valence-corrected chi connectivity index (χ2v) is 14.3. The average Bonchev–Trinajstić information content (AvgIpc) is 3.24. The van der Waals surface area contributed by atoms with Crippen molar-refractivity contribution in [1.29, 1.82) is 0 Å². The first-order valence-corrected chi connectivity index (χ1v) is 19.3. The molecule has 0 spiro atoms. The number of amides is 1.